The summed E-state index contributed by atoms with van der Waals surface area (Å²) in [7, 11) is 1.37. The first-order valence-corrected chi connectivity index (χ1v) is 4.28. The van der Waals surface area contributed by atoms with Gasteiger partial charge >= 0.3 is 6.18 Å². The van der Waals surface area contributed by atoms with Gasteiger partial charge in [-0.15, -0.1) is 0 Å². The summed E-state index contributed by atoms with van der Waals surface area (Å²) in [6, 6.07) is 6.28. The van der Waals surface area contributed by atoms with Crippen LogP contribution in [-0.4, -0.2) is 12.9 Å². The molecule has 1 rings (SSSR count). The molecule has 3 nitrogen and oxygen atoms in total. The number of amidine groups is 1. The van der Waals surface area contributed by atoms with Crippen LogP contribution < -0.4 is 5.32 Å². The minimum absolute atomic E-state index is 0.0423. The standard InChI is InChI=1S/C10H8F3N3/c1-15-9(6-14)16-8-4-2-3-7(5-8)10(11,12)13/h2-5H,1H3,(H,15,16). The lowest BCUT2D eigenvalue weighted by molar-refractivity contribution is -0.137. The van der Waals surface area contributed by atoms with Crippen LogP contribution in [-0.2, 0) is 6.18 Å². The number of nitrogens with one attached hydrogen (secondary N) is 1. The molecule has 0 radical (unpaired) electrons. The van der Waals surface area contributed by atoms with Crippen LogP contribution in [0.25, 0.3) is 0 Å². The van der Waals surface area contributed by atoms with Crippen LogP contribution >= 0.6 is 0 Å². The predicted molar refractivity (Wildman–Crippen MR) is 54.0 cm³/mol. The monoisotopic (exact) mass is 227 g/mol. The van der Waals surface area contributed by atoms with E-state index < -0.39 is 11.7 Å². The smallest absolute Gasteiger partial charge is 0.332 e. The summed E-state index contributed by atoms with van der Waals surface area (Å²) in [5, 5.41) is 11.0. The zero-order valence-electron chi connectivity index (χ0n) is 8.34. The number of hydrogen-bond acceptors (Lipinski definition) is 2. The van der Waals surface area contributed by atoms with E-state index in [4.69, 9.17) is 5.26 Å². The van der Waals surface area contributed by atoms with Gasteiger partial charge in [0, 0.05) is 12.7 Å². The summed E-state index contributed by atoms with van der Waals surface area (Å²) in [5.74, 6) is -0.0423. The Morgan fingerprint density at radius 2 is 2.12 bits per heavy atom. The van der Waals surface area contributed by atoms with Crippen molar-refractivity contribution in [3.63, 3.8) is 0 Å². The number of anilines is 1. The van der Waals surface area contributed by atoms with Gasteiger partial charge in [0.2, 0.25) is 5.84 Å². The number of halogens is 3. The van der Waals surface area contributed by atoms with E-state index in [2.05, 4.69) is 10.3 Å². The Morgan fingerprint density at radius 3 is 2.62 bits per heavy atom. The van der Waals surface area contributed by atoms with Crippen LogP contribution in [0.2, 0.25) is 0 Å². The van der Waals surface area contributed by atoms with Crippen LogP contribution in [0.15, 0.2) is 29.3 Å². The maximum atomic E-state index is 12.3. The highest BCUT2D eigenvalue weighted by Gasteiger charge is 2.30. The predicted octanol–water partition coefficient (Wildman–Crippen LogP) is 2.67. The summed E-state index contributed by atoms with van der Waals surface area (Å²) in [4.78, 5) is 3.56. The minimum Gasteiger partial charge on any atom is -0.332 e. The van der Waals surface area contributed by atoms with Crippen LogP contribution in [0.4, 0.5) is 18.9 Å². The van der Waals surface area contributed by atoms with Gasteiger partial charge in [-0.3, -0.25) is 4.99 Å². The molecule has 0 saturated carbocycles. The first kappa shape index (κ1) is 12.0. The number of alkyl halides is 3. The van der Waals surface area contributed by atoms with E-state index in [0.29, 0.717) is 0 Å². The Morgan fingerprint density at radius 1 is 1.44 bits per heavy atom. The molecular formula is C10H8F3N3. The third-order valence-corrected chi connectivity index (χ3v) is 1.78. The summed E-state index contributed by atoms with van der Waals surface area (Å²) >= 11 is 0. The quantitative estimate of drug-likeness (QED) is 0.592. The zero-order valence-corrected chi connectivity index (χ0v) is 8.34. The van der Waals surface area contributed by atoms with Gasteiger partial charge < -0.3 is 5.32 Å². The van der Waals surface area contributed by atoms with Crippen LogP contribution in [0.3, 0.4) is 0 Å². The number of nitriles is 1. The molecule has 0 aliphatic heterocycles. The van der Waals surface area contributed by atoms with Crippen molar-refractivity contribution in [1.82, 2.24) is 0 Å². The number of hydrogen-bond donors (Lipinski definition) is 1. The molecule has 0 aromatic heterocycles. The SMILES string of the molecule is CN=C(C#N)Nc1cccc(C(F)(F)F)c1. The molecule has 0 spiro atoms. The second kappa shape index (κ2) is 4.66. The molecule has 0 aliphatic rings. The van der Waals surface area contributed by atoms with Gasteiger partial charge in [0.05, 0.1) is 5.56 Å². The molecule has 6 heteroatoms. The fraction of sp³-hybridized carbons (Fsp3) is 0.200. The van der Waals surface area contributed by atoms with Gasteiger partial charge in [-0.2, -0.15) is 18.4 Å². The first-order chi connectivity index (χ1) is 7.47. The first-order valence-electron chi connectivity index (χ1n) is 4.28. The van der Waals surface area contributed by atoms with Crippen molar-refractivity contribution in [2.24, 2.45) is 4.99 Å². The lowest BCUT2D eigenvalue weighted by atomic mass is 10.2. The molecular weight excluding hydrogens is 219 g/mol. The Labute approximate surface area is 90.2 Å². The fourth-order valence-corrected chi connectivity index (χ4v) is 1.04. The molecule has 84 valence electrons. The largest absolute Gasteiger partial charge is 0.416 e. The molecule has 0 bridgehead atoms. The average Bonchev–Trinajstić information content (AvgIpc) is 2.25. The normalized spacial score (nSPS) is 12.1. The third kappa shape index (κ3) is 2.98. The van der Waals surface area contributed by atoms with E-state index in [9.17, 15) is 13.2 Å². The maximum Gasteiger partial charge on any atom is 0.416 e. The Kier molecular flexibility index (Phi) is 3.51. The van der Waals surface area contributed by atoms with Crippen LogP contribution in [0.1, 0.15) is 5.56 Å². The Hall–Kier alpha value is -2.03. The summed E-state index contributed by atoms with van der Waals surface area (Å²) < 4.78 is 37.0. The number of aliphatic imine (C=N–C) groups is 1. The summed E-state index contributed by atoms with van der Waals surface area (Å²) in [6.45, 7) is 0. The van der Waals surface area contributed by atoms with E-state index >= 15 is 0 Å². The van der Waals surface area contributed by atoms with Crippen molar-refractivity contribution in [3.05, 3.63) is 29.8 Å². The van der Waals surface area contributed by atoms with E-state index in [1.165, 1.54) is 19.2 Å². The molecule has 0 unspecified atom stereocenters. The summed E-state index contributed by atoms with van der Waals surface area (Å²) in [5.41, 5.74) is -0.595. The lowest BCUT2D eigenvalue weighted by Gasteiger charge is -2.09. The van der Waals surface area contributed by atoms with Crippen molar-refractivity contribution in [2.75, 3.05) is 12.4 Å². The number of rotatable bonds is 1. The third-order valence-electron chi connectivity index (χ3n) is 1.78. The second-order valence-electron chi connectivity index (χ2n) is 2.89. The van der Waals surface area contributed by atoms with E-state index in [0.717, 1.165) is 12.1 Å². The van der Waals surface area contributed by atoms with Gasteiger partial charge in [0.1, 0.15) is 6.07 Å². The molecule has 1 aromatic rings. The molecule has 0 fully saturated rings. The second-order valence-corrected chi connectivity index (χ2v) is 2.89. The van der Waals surface area contributed by atoms with Gasteiger partial charge in [-0.1, -0.05) is 6.07 Å². The van der Waals surface area contributed by atoms with E-state index in [1.807, 2.05) is 0 Å². The van der Waals surface area contributed by atoms with Crippen molar-refractivity contribution < 1.29 is 13.2 Å². The Bertz CT molecular complexity index is 443. The highest BCUT2D eigenvalue weighted by atomic mass is 19.4. The van der Waals surface area contributed by atoms with Gasteiger partial charge in [-0.25, -0.2) is 0 Å². The molecule has 0 atom stereocenters. The topological polar surface area (TPSA) is 48.2 Å². The molecule has 1 N–H and O–H groups in total. The number of benzene rings is 1. The molecule has 0 amide bonds. The lowest BCUT2D eigenvalue weighted by Crippen LogP contribution is -2.11. The van der Waals surface area contributed by atoms with Crippen molar-refractivity contribution >= 4 is 11.5 Å². The van der Waals surface area contributed by atoms with E-state index in [-0.39, 0.29) is 11.5 Å². The molecule has 0 aliphatic carbocycles. The summed E-state index contributed by atoms with van der Waals surface area (Å²) in [6.07, 6.45) is -4.39. The molecule has 16 heavy (non-hydrogen) atoms. The van der Waals surface area contributed by atoms with Crippen molar-refractivity contribution in [2.45, 2.75) is 6.18 Å². The average molecular weight is 227 g/mol. The van der Waals surface area contributed by atoms with Crippen LogP contribution in [0.5, 0.6) is 0 Å². The van der Waals surface area contributed by atoms with Crippen LogP contribution in [0, 0.1) is 11.3 Å². The van der Waals surface area contributed by atoms with Gasteiger partial charge in [0.15, 0.2) is 0 Å². The van der Waals surface area contributed by atoms with Gasteiger partial charge in [0.25, 0.3) is 0 Å². The van der Waals surface area contributed by atoms with E-state index in [1.54, 1.807) is 6.07 Å². The Balaban J connectivity index is 2.97. The zero-order chi connectivity index (χ0) is 12.2. The highest BCUT2D eigenvalue weighted by Crippen LogP contribution is 2.30. The van der Waals surface area contributed by atoms with Crippen molar-refractivity contribution in [3.8, 4) is 6.07 Å². The minimum atomic E-state index is -4.39. The van der Waals surface area contributed by atoms with Crippen molar-refractivity contribution in [1.29, 1.82) is 5.26 Å². The van der Waals surface area contributed by atoms with Gasteiger partial charge in [-0.05, 0) is 18.2 Å². The highest BCUT2D eigenvalue weighted by molar-refractivity contribution is 6.06. The maximum absolute atomic E-state index is 12.3. The number of nitrogens with zero attached hydrogens (tertiary/aromatic N) is 2. The molecule has 0 saturated heterocycles. The molecule has 1 aromatic carbocycles. The molecule has 0 heterocycles. The fourth-order valence-electron chi connectivity index (χ4n) is 1.04.